The summed E-state index contributed by atoms with van der Waals surface area (Å²) in [4.78, 5) is 0. The molecule has 0 amide bonds. The van der Waals surface area contributed by atoms with Gasteiger partial charge in [0.15, 0.2) is 11.5 Å². The van der Waals surface area contributed by atoms with E-state index in [-0.39, 0.29) is 0 Å². The van der Waals surface area contributed by atoms with Crippen molar-refractivity contribution in [3.05, 3.63) is 54.3 Å². The first-order chi connectivity index (χ1) is 8.09. The van der Waals surface area contributed by atoms with Gasteiger partial charge in [-0.3, -0.25) is 0 Å². The van der Waals surface area contributed by atoms with Crippen LogP contribution in [0.3, 0.4) is 0 Å². The standard InChI is InChI=1S/C12H6Br4O/c13-7-3-1-4-8(14)11(7)17-12-9(15)5-2-6-10(12)16/h1-6H. The Hall–Kier alpha value is 0.160. The maximum atomic E-state index is 5.91. The molecule has 2 aromatic carbocycles. The Morgan fingerprint density at radius 3 is 1.18 bits per heavy atom. The lowest BCUT2D eigenvalue weighted by Gasteiger charge is -2.12. The third-order valence-electron chi connectivity index (χ3n) is 2.04. The van der Waals surface area contributed by atoms with Crippen LogP contribution in [-0.2, 0) is 0 Å². The molecule has 0 N–H and O–H groups in total. The topological polar surface area (TPSA) is 9.23 Å². The largest absolute Gasteiger partial charge is 0.453 e. The summed E-state index contributed by atoms with van der Waals surface area (Å²) < 4.78 is 9.50. The van der Waals surface area contributed by atoms with E-state index in [2.05, 4.69) is 63.7 Å². The van der Waals surface area contributed by atoms with Crippen molar-refractivity contribution in [3.63, 3.8) is 0 Å². The molecule has 0 spiro atoms. The Morgan fingerprint density at radius 2 is 0.882 bits per heavy atom. The summed E-state index contributed by atoms with van der Waals surface area (Å²) in [5.74, 6) is 1.50. The first kappa shape index (κ1) is 13.6. The van der Waals surface area contributed by atoms with Crippen molar-refractivity contribution in [2.75, 3.05) is 0 Å². The van der Waals surface area contributed by atoms with Gasteiger partial charge in [0.2, 0.25) is 0 Å². The number of halogens is 4. The third-order valence-corrected chi connectivity index (χ3v) is 4.54. The van der Waals surface area contributed by atoms with E-state index in [9.17, 15) is 0 Å². The van der Waals surface area contributed by atoms with Gasteiger partial charge >= 0.3 is 0 Å². The van der Waals surface area contributed by atoms with Crippen molar-refractivity contribution in [2.45, 2.75) is 0 Å². The highest BCUT2D eigenvalue weighted by Crippen LogP contribution is 2.41. The zero-order chi connectivity index (χ0) is 12.4. The second kappa shape index (κ2) is 5.87. The van der Waals surface area contributed by atoms with Crippen LogP contribution in [0.2, 0.25) is 0 Å². The summed E-state index contributed by atoms with van der Waals surface area (Å²) in [7, 11) is 0. The van der Waals surface area contributed by atoms with E-state index in [4.69, 9.17) is 4.74 Å². The van der Waals surface area contributed by atoms with Crippen LogP contribution >= 0.6 is 63.7 Å². The molecular formula is C12H6Br4O. The van der Waals surface area contributed by atoms with Gasteiger partial charge in [0.25, 0.3) is 0 Å². The molecule has 2 aromatic rings. The summed E-state index contributed by atoms with van der Waals surface area (Å²) in [6, 6.07) is 11.6. The molecule has 0 atom stereocenters. The zero-order valence-electron chi connectivity index (χ0n) is 8.38. The van der Waals surface area contributed by atoms with Crippen molar-refractivity contribution >= 4 is 63.7 Å². The maximum absolute atomic E-state index is 5.91. The predicted molar refractivity (Wildman–Crippen MR) is 83.8 cm³/mol. The normalized spacial score (nSPS) is 10.4. The quantitative estimate of drug-likeness (QED) is 0.470. The molecule has 0 heterocycles. The SMILES string of the molecule is Brc1cccc(Br)c1Oc1c(Br)cccc1Br. The van der Waals surface area contributed by atoms with Gasteiger partial charge < -0.3 is 4.74 Å². The monoisotopic (exact) mass is 482 g/mol. The molecule has 0 aromatic heterocycles. The van der Waals surface area contributed by atoms with Crippen LogP contribution in [0.5, 0.6) is 11.5 Å². The van der Waals surface area contributed by atoms with Gasteiger partial charge in [0, 0.05) is 0 Å². The summed E-state index contributed by atoms with van der Waals surface area (Å²) in [5.41, 5.74) is 0. The molecule has 0 aliphatic carbocycles. The second-order valence-corrected chi connectivity index (χ2v) is 6.62. The Labute approximate surface area is 133 Å². The average molecular weight is 486 g/mol. The lowest BCUT2D eigenvalue weighted by Crippen LogP contribution is -1.89. The molecule has 88 valence electrons. The summed E-state index contributed by atoms with van der Waals surface area (Å²) in [6.07, 6.45) is 0. The molecule has 0 aliphatic heterocycles. The molecule has 5 heteroatoms. The van der Waals surface area contributed by atoms with Crippen LogP contribution in [0.4, 0.5) is 0 Å². The number of hydrogen-bond donors (Lipinski definition) is 0. The molecule has 2 rings (SSSR count). The number of hydrogen-bond acceptors (Lipinski definition) is 1. The van der Waals surface area contributed by atoms with Crippen molar-refractivity contribution in [1.29, 1.82) is 0 Å². The molecule has 0 fully saturated rings. The van der Waals surface area contributed by atoms with Crippen LogP contribution in [0.15, 0.2) is 54.3 Å². The van der Waals surface area contributed by atoms with Crippen molar-refractivity contribution in [2.24, 2.45) is 0 Å². The van der Waals surface area contributed by atoms with Crippen LogP contribution in [-0.4, -0.2) is 0 Å². The van der Waals surface area contributed by atoms with E-state index in [1.165, 1.54) is 0 Å². The van der Waals surface area contributed by atoms with Gasteiger partial charge in [-0.15, -0.1) is 0 Å². The van der Waals surface area contributed by atoms with Gasteiger partial charge in [-0.05, 0) is 88.0 Å². The first-order valence-corrected chi connectivity index (χ1v) is 7.82. The minimum atomic E-state index is 0.750. The summed E-state index contributed by atoms with van der Waals surface area (Å²) >= 11 is 13.9. The molecule has 0 unspecified atom stereocenters. The van der Waals surface area contributed by atoms with Gasteiger partial charge in [-0.25, -0.2) is 0 Å². The Kier molecular flexibility index (Phi) is 4.69. The van der Waals surface area contributed by atoms with E-state index in [1.807, 2.05) is 36.4 Å². The van der Waals surface area contributed by atoms with E-state index in [0.29, 0.717) is 0 Å². The number of rotatable bonds is 2. The Morgan fingerprint density at radius 1 is 0.588 bits per heavy atom. The highest BCUT2D eigenvalue weighted by atomic mass is 79.9. The fourth-order valence-corrected chi connectivity index (χ4v) is 3.58. The van der Waals surface area contributed by atoms with Crippen molar-refractivity contribution < 1.29 is 4.74 Å². The van der Waals surface area contributed by atoms with Crippen LogP contribution in [0.1, 0.15) is 0 Å². The molecule has 0 bridgehead atoms. The van der Waals surface area contributed by atoms with Gasteiger partial charge in [-0.1, -0.05) is 12.1 Å². The van der Waals surface area contributed by atoms with E-state index in [1.54, 1.807) is 0 Å². The highest BCUT2D eigenvalue weighted by molar-refractivity contribution is 9.11. The number of benzene rings is 2. The maximum Gasteiger partial charge on any atom is 0.155 e. The molecular weight excluding hydrogens is 480 g/mol. The molecule has 0 radical (unpaired) electrons. The lowest BCUT2D eigenvalue weighted by atomic mass is 10.3. The Bertz CT molecular complexity index is 464. The minimum absolute atomic E-state index is 0.750. The minimum Gasteiger partial charge on any atom is -0.453 e. The smallest absolute Gasteiger partial charge is 0.155 e. The van der Waals surface area contributed by atoms with Gasteiger partial charge in [-0.2, -0.15) is 0 Å². The first-order valence-electron chi connectivity index (χ1n) is 4.65. The summed E-state index contributed by atoms with van der Waals surface area (Å²) in [5, 5.41) is 0. The lowest BCUT2D eigenvalue weighted by molar-refractivity contribution is 0.470. The molecule has 17 heavy (non-hydrogen) atoms. The molecule has 0 saturated carbocycles. The summed E-state index contributed by atoms with van der Waals surface area (Å²) in [6.45, 7) is 0. The second-order valence-electron chi connectivity index (χ2n) is 3.20. The average Bonchev–Trinajstić information content (AvgIpc) is 2.27. The third kappa shape index (κ3) is 3.13. The zero-order valence-corrected chi connectivity index (χ0v) is 14.7. The van der Waals surface area contributed by atoms with Gasteiger partial charge in [0.1, 0.15) is 0 Å². The fraction of sp³-hybridized carbons (Fsp3) is 0. The predicted octanol–water partition coefficient (Wildman–Crippen LogP) is 6.53. The van der Waals surface area contributed by atoms with E-state index in [0.717, 1.165) is 29.4 Å². The fourth-order valence-electron chi connectivity index (χ4n) is 1.26. The van der Waals surface area contributed by atoms with Crippen LogP contribution in [0, 0.1) is 0 Å². The van der Waals surface area contributed by atoms with E-state index >= 15 is 0 Å². The molecule has 0 aliphatic rings. The van der Waals surface area contributed by atoms with E-state index < -0.39 is 0 Å². The van der Waals surface area contributed by atoms with Crippen molar-refractivity contribution in [3.8, 4) is 11.5 Å². The number of para-hydroxylation sites is 2. The molecule has 0 saturated heterocycles. The van der Waals surface area contributed by atoms with Gasteiger partial charge in [0.05, 0.1) is 17.9 Å². The van der Waals surface area contributed by atoms with Crippen LogP contribution < -0.4 is 4.74 Å². The molecule has 1 nitrogen and oxygen atoms in total. The highest BCUT2D eigenvalue weighted by Gasteiger charge is 2.11. The number of ether oxygens (including phenoxy) is 1. The van der Waals surface area contributed by atoms with Crippen molar-refractivity contribution in [1.82, 2.24) is 0 Å². The Balaban J connectivity index is 2.45. The van der Waals surface area contributed by atoms with Crippen LogP contribution in [0.25, 0.3) is 0 Å².